The third-order valence-corrected chi connectivity index (χ3v) is 8.36. The number of amides is 2. The molecule has 8 rings (SSSR count). The van der Waals surface area contributed by atoms with Gasteiger partial charge in [0.2, 0.25) is 0 Å². The predicted molar refractivity (Wildman–Crippen MR) is 174 cm³/mol. The van der Waals surface area contributed by atoms with Crippen molar-refractivity contribution in [3.63, 3.8) is 0 Å². The van der Waals surface area contributed by atoms with E-state index >= 15 is 0 Å². The van der Waals surface area contributed by atoms with E-state index in [0.717, 1.165) is 44.1 Å². The molecule has 0 saturated carbocycles. The van der Waals surface area contributed by atoms with E-state index in [1.807, 2.05) is 103 Å². The van der Waals surface area contributed by atoms with E-state index in [9.17, 15) is 14.9 Å². The summed E-state index contributed by atoms with van der Waals surface area (Å²) in [6, 6.07) is 46.9. The summed E-state index contributed by atoms with van der Waals surface area (Å²) in [6.07, 6.45) is 0. The van der Waals surface area contributed by atoms with Gasteiger partial charge in [-0.3, -0.25) is 9.59 Å². The fourth-order valence-corrected chi connectivity index (χ4v) is 6.38. The van der Waals surface area contributed by atoms with Crippen molar-refractivity contribution in [2.45, 2.75) is 0 Å². The third-order valence-electron chi connectivity index (χ3n) is 8.36. The molecule has 5 nitrogen and oxygen atoms in total. The molecule has 1 aliphatic heterocycles. The molecule has 1 aromatic heterocycles. The van der Waals surface area contributed by atoms with Crippen molar-refractivity contribution in [2.24, 2.45) is 0 Å². The van der Waals surface area contributed by atoms with E-state index < -0.39 is 0 Å². The van der Waals surface area contributed by atoms with Gasteiger partial charge in [-0.2, -0.15) is 5.26 Å². The molecule has 2 amide bonds. The van der Waals surface area contributed by atoms with Gasteiger partial charge in [-0.1, -0.05) is 97.1 Å². The zero-order chi connectivity index (χ0) is 29.8. The fourth-order valence-electron chi connectivity index (χ4n) is 6.38. The first kappa shape index (κ1) is 25.5. The summed E-state index contributed by atoms with van der Waals surface area (Å²) in [5, 5.41) is 11.5. The van der Waals surface area contributed by atoms with Gasteiger partial charge >= 0.3 is 0 Å². The number of fused-ring (bicyclic) bond motifs is 4. The van der Waals surface area contributed by atoms with Crippen LogP contribution < -0.4 is 4.90 Å². The molecule has 2 heterocycles. The Hall–Kier alpha value is -6.25. The molecule has 7 aromatic rings. The molecule has 0 spiro atoms. The Morgan fingerprint density at radius 2 is 1.16 bits per heavy atom. The minimum absolute atomic E-state index is 0.343. The van der Waals surface area contributed by atoms with E-state index in [2.05, 4.69) is 34.9 Å². The molecule has 206 valence electrons. The number of nitrogens with zero attached hydrogens (tertiary/aromatic N) is 3. The molecule has 0 bridgehead atoms. The molecule has 1 aliphatic rings. The van der Waals surface area contributed by atoms with E-state index in [0.29, 0.717) is 28.1 Å². The third kappa shape index (κ3) is 3.79. The second kappa shape index (κ2) is 9.94. The van der Waals surface area contributed by atoms with Crippen LogP contribution in [0.2, 0.25) is 0 Å². The van der Waals surface area contributed by atoms with Crippen molar-refractivity contribution < 1.29 is 9.59 Å². The van der Waals surface area contributed by atoms with Gasteiger partial charge in [0.25, 0.3) is 11.8 Å². The maximum absolute atomic E-state index is 14.4. The van der Waals surface area contributed by atoms with Crippen LogP contribution in [0.5, 0.6) is 0 Å². The molecule has 0 radical (unpaired) electrons. The summed E-state index contributed by atoms with van der Waals surface area (Å²) >= 11 is 0. The summed E-state index contributed by atoms with van der Waals surface area (Å²) in [7, 11) is 0. The molecule has 0 atom stereocenters. The Kier molecular flexibility index (Phi) is 5.75. The first-order chi connectivity index (χ1) is 21.6. The number of hydrogen-bond acceptors (Lipinski definition) is 3. The highest BCUT2D eigenvalue weighted by molar-refractivity contribution is 6.36. The van der Waals surface area contributed by atoms with Crippen molar-refractivity contribution in [3.8, 4) is 34.0 Å². The van der Waals surface area contributed by atoms with Gasteiger partial charge in [-0.05, 0) is 59.2 Å². The summed E-state index contributed by atoms with van der Waals surface area (Å²) < 4.78 is 2.08. The first-order valence-corrected chi connectivity index (χ1v) is 14.3. The topological polar surface area (TPSA) is 66.1 Å². The summed E-state index contributed by atoms with van der Waals surface area (Å²) in [6.45, 7) is 0. The molecule has 0 aliphatic carbocycles. The lowest BCUT2D eigenvalue weighted by atomic mass is 10.0. The van der Waals surface area contributed by atoms with Gasteiger partial charge in [0.15, 0.2) is 0 Å². The maximum atomic E-state index is 14.4. The van der Waals surface area contributed by atoms with Crippen molar-refractivity contribution in [3.05, 3.63) is 156 Å². The van der Waals surface area contributed by atoms with Crippen molar-refractivity contribution >= 4 is 39.3 Å². The Labute approximate surface area is 253 Å². The number of nitriles is 1. The molecule has 5 heteroatoms. The number of anilines is 1. The van der Waals surface area contributed by atoms with Crippen LogP contribution in [0.15, 0.2) is 140 Å². The Morgan fingerprint density at radius 1 is 0.500 bits per heavy atom. The molecule has 0 N–H and O–H groups in total. The monoisotopic (exact) mass is 565 g/mol. The zero-order valence-corrected chi connectivity index (χ0v) is 23.4. The highest BCUT2D eigenvalue weighted by Crippen LogP contribution is 2.41. The van der Waals surface area contributed by atoms with E-state index in [4.69, 9.17) is 0 Å². The van der Waals surface area contributed by atoms with Crippen LogP contribution in [0.4, 0.5) is 5.69 Å². The maximum Gasteiger partial charge on any atom is 0.268 e. The average Bonchev–Trinajstić information content (AvgIpc) is 3.55. The van der Waals surface area contributed by atoms with E-state index in [1.54, 1.807) is 12.1 Å². The van der Waals surface area contributed by atoms with Crippen molar-refractivity contribution in [1.29, 1.82) is 5.26 Å². The van der Waals surface area contributed by atoms with Crippen LogP contribution in [0, 0.1) is 11.3 Å². The van der Waals surface area contributed by atoms with Crippen LogP contribution in [-0.4, -0.2) is 16.4 Å². The molecular weight excluding hydrogens is 542 g/mol. The number of benzene rings is 6. The van der Waals surface area contributed by atoms with E-state index in [1.165, 1.54) is 4.90 Å². The van der Waals surface area contributed by atoms with Crippen LogP contribution in [0.3, 0.4) is 0 Å². The fraction of sp³-hybridized carbons (Fsp3) is 0. The van der Waals surface area contributed by atoms with Crippen LogP contribution in [0.25, 0.3) is 49.7 Å². The van der Waals surface area contributed by atoms with Crippen LogP contribution in [-0.2, 0) is 0 Å². The predicted octanol–water partition coefficient (Wildman–Crippen LogP) is 8.79. The second-order valence-corrected chi connectivity index (χ2v) is 10.8. The normalized spacial score (nSPS) is 12.6. The number of aromatic nitrogens is 1. The molecule has 44 heavy (non-hydrogen) atoms. The lowest BCUT2D eigenvalue weighted by Gasteiger charge is -2.18. The highest BCUT2D eigenvalue weighted by Gasteiger charge is 2.40. The highest BCUT2D eigenvalue weighted by atomic mass is 16.2. The van der Waals surface area contributed by atoms with Crippen LogP contribution >= 0.6 is 0 Å². The second-order valence-electron chi connectivity index (χ2n) is 10.8. The quantitative estimate of drug-likeness (QED) is 0.200. The Morgan fingerprint density at radius 3 is 2.02 bits per heavy atom. The lowest BCUT2D eigenvalue weighted by molar-refractivity contribution is 0.0926. The number of hydrogen-bond donors (Lipinski definition) is 0. The van der Waals surface area contributed by atoms with Gasteiger partial charge in [-0.15, -0.1) is 0 Å². The van der Waals surface area contributed by atoms with Gasteiger partial charge < -0.3 is 4.57 Å². The average molecular weight is 566 g/mol. The van der Waals surface area contributed by atoms with Gasteiger partial charge in [0.05, 0.1) is 45.2 Å². The summed E-state index contributed by atoms with van der Waals surface area (Å²) in [5.41, 5.74) is 7.99. The van der Waals surface area contributed by atoms with Crippen LogP contribution in [0.1, 0.15) is 26.3 Å². The number of imide groups is 1. The smallest absolute Gasteiger partial charge is 0.268 e. The summed E-state index contributed by atoms with van der Waals surface area (Å²) in [5.74, 6) is -0.696. The molecule has 0 saturated heterocycles. The standard InChI is InChI=1S/C39H23N3O2/c40-24-25-10-8-13-27(22-25)28-20-21-31-30-15-5-7-18-34(30)41(36(31)23-28)35-19-9-16-32-37(35)39(44)42(38(32)43)33-17-6-4-14-29(33)26-11-2-1-3-12-26/h1-23H. The minimum Gasteiger partial charge on any atom is -0.308 e. The number of carbonyl (C=O) groups excluding carboxylic acids is 2. The van der Waals surface area contributed by atoms with Crippen molar-refractivity contribution in [2.75, 3.05) is 4.90 Å². The molecular formula is C39H23N3O2. The Bertz CT molecular complexity index is 2340. The molecule has 0 unspecified atom stereocenters. The van der Waals surface area contributed by atoms with Crippen molar-refractivity contribution in [1.82, 2.24) is 4.57 Å². The number of carbonyl (C=O) groups is 2. The molecule has 0 fully saturated rings. The van der Waals surface area contributed by atoms with E-state index in [-0.39, 0.29) is 11.8 Å². The summed E-state index contributed by atoms with van der Waals surface area (Å²) in [4.78, 5) is 29.7. The minimum atomic E-state index is -0.354. The van der Waals surface area contributed by atoms with Gasteiger partial charge in [-0.25, -0.2) is 4.90 Å². The lowest BCUT2D eigenvalue weighted by Crippen LogP contribution is -2.30. The van der Waals surface area contributed by atoms with Gasteiger partial charge in [0, 0.05) is 16.3 Å². The number of para-hydroxylation sites is 2. The largest absolute Gasteiger partial charge is 0.308 e. The first-order valence-electron chi connectivity index (χ1n) is 14.3. The SMILES string of the molecule is N#Cc1cccc(-c2ccc3c4ccccc4n(-c4cccc5c4C(=O)N(c4ccccc4-c4ccccc4)C5=O)c3c2)c1. The Balaban J connectivity index is 1.35. The zero-order valence-electron chi connectivity index (χ0n) is 23.4. The molecule has 6 aromatic carbocycles. The van der Waals surface area contributed by atoms with Gasteiger partial charge in [0.1, 0.15) is 0 Å². The number of rotatable bonds is 4.